The summed E-state index contributed by atoms with van der Waals surface area (Å²) in [6.45, 7) is 0.405. The van der Waals surface area contributed by atoms with Gasteiger partial charge in [-0.25, -0.2) is 13.2 Å². The highest BCUT2D eigenvalue weighted by Gasteiger charge is 2.34. The van der Waals surface area contributed by atoms with Crippen LogP contribution in [0.2, 0.25) is 0 Å². The molecular weight excluding hydrogens is 382 g/mol. The van der Waals surface area contributed by atoms with E-state index < -0.39 is 21.3 Å². The fourth-order valence-electron chi connectivity index (χ4n) is 3.75. The van der Waals surface area contributed by atoms with Crippen molar-refractivity contribution in [2.75, 3.05) is 6.54 Å². The molecule has 10 heteroatoms. The zero-order valence-corrected chi connectivity index (χ0v) is 16.2. The lowest BCUT2D eigenvalue weighted by Gasteiger charge is -2.28. The molecule has 0 bridgehead atoms. The number of rotatable bonds is 3. The monoisotopic (exact) mass is 403 g/mol. The van der Waals surface area contributed by atoms with Gasteiger partial charge in [0.25, 0.3) is 5.56 Å². The van der Waals surface area contributed by atoms with Gasteiger partial charge in [-0.1, -0.05) is 12.8 Å². The molecule has 0 saturated carbocycles. The van der Waals surface area contributed by atoms with Gasteiger partial charge in [-0.2, -0.15) is 9.40 Å². The number of aromatic amines is 2. The Labute approximate surface area is 161 Å². The number of nitrogens with one attached hydrogen (secondary N) is 2. The van der Waals surface area contributed by atoms with Crippen molar-refractivity contribution in [3.05, 3.63) is 57.0 Å². The number of benzene rings is 1. The first-order valence-electron chi connectivity index (χ1n) is 9.13. The van der Waals surface area contributed by atoms with E-state index in [0.29, 0.717) is 18.5 Å². The van der Waals surface area contributed by atoms with Crippen LogP contribution in [0.5, 0.6) is 0 Å². The number of hydrogen-bond acceptors (Lipinski definition) is 5. The van der Waals surface area contributed by atoms with Gasteiger partial charge in [0.15, 0.2) is 0 Å². The minimum absolute atomic E-state index is 0.0355. The summed E-state index contributed by atoms with van der Waals surface area (Å²) in [6, 6.07) is 3.91. The van der Waals surface area contributed by atoms with E-state index in [9.17, 15) is 18.0 Å². The van der Waals surface area contributed by atoms with Crippen molar-refractivity contribution < 1.29 is 8.42 Å². The molecule has 2 aromatic heterocycles. The van der Waals surface area contributed by atoms with Gasteiger partial charge in [0.05, 0.1) is 28.0 Å². The van der Waals surface area contributed by atoms with Gasteiger partial charge >= 0.3 is 5.69 Å². The average molecular weight is 403 g/mol. The molecule has 2 N–H and O–H groups in total. The Kier molecular flexibility index (Phi) is 4.68. The number of hydrogen-bond donors (Lipinski definition) is 2. The van der Waals surface area contributed by atoms with Crippen LogP contribution in [0.1, 0.15) is 37.3 Å². The van der Waals surface area contributed by atoms with Gasteiger partial charge in [0.2, 0.25) is 10.0 Å². The molecule has 0 spiro atoms. The summed E-state index contributed by atoms with van der Waals surface area (Å²) in [5.74, 6) is 0. The van der Waals surface area contributed by atoms with E-state index in [1.807, 2.05) is 6.20 Å². The predicted molar refractivity (Wildman–Crippen MR) is 103 cm³/mol. The topological polar surface area (TPSA) is 121 Å². The summed E-state index contributed by atoms with van der Waals surface area (Å²) in [5.41, 5.74) is -0.0870. The second-order valence-corrected chi connectivity index (χ2v) is 8.93. The predicted octanol–water partition coefficient (Wildman–Crippen LogP) is 1.26. The fourth-order valence-corrected chi connectivity index (χ4v) is 5.46. The van der Waals surface area contributed by atoms with E-state index >= 15 is 0 Å². The fraction of sp³-hybridized carbons (Fsp3) is 0.389. The normalized spacial score (nSPS) is 19.0. The van der Waals surface area contributed by atoms with Crippen LogP contribution in [-0.4, -0.2) is 39.0 Å². The summed E-state index contributed by atoms with van der Waals surface area (Å²) in [6.07, 6.45) is 6.93. The number of H-pyrrole nitrogens is 2. The van der Waals surface area contributed by atoms with Crippen molar-refractivity contribution >= 4 is 20.9 Å². The summed E-state index contributed by atoms with van der Waals surface area (Å²) in [7, 11) is -2.04. The molecule has 1 aliphatic heterocycles. The molecule has 4 rings (SSSR count). The molecule has 3 heterocycles. The number of nitrogens with zero attached hydrogens (tertiary/aromatic N) is 3. The third-order valence-corrected chi connectivity index (χ3v) is 7.03. The van der Waals surface area contributed by atoms with Crippen molar-refractivity contribution in [3.8, 4) is 0 Å². The quantitative estimate of drug-likeness (QED) is 0.682. The molecule has 28 heavy (non-hydrogen) atoms. The number of aromatic nitrogens is 4. The maximum Gasteiger partial charge on any atom is 0.326 e. The van der Waals surface area contributed by atoms with Crippen molar-refractivity contribution in [2.45, 2.75) is 36.6 Å². The Hall–Kier alpha value is -2.72. The largest absolute Gasteiger partial charge is 0.326 e. The number of sulfonamides is 1. The van der Waals surface area contributed by atoms with Crippen LogP contribution in [0.4, 0.5) is 0 Å². The molecule has 3 aromatic rings. The Bertz CT molecular complexity index is 1240. The Balaban J connectivity index is 1.82. The smallest absolute Gasteiger partial charge is 0.307 e. The van der Waals surface area contributed by atoms with Crippen LogP contribution in [0.15, 0.2) is 45.1 Å². The van der Waals surface area contributed by atoms with E-state index in [4.69, 9.17) is 0 Å². The van der Waals surface area contributed by atoms with Gasteiger partial charge in [-0.05, 0) is 31.0 Å². The van der Waals surface area contributed by atoms with Crippen LogP contribution in [-0.2, 0) is 17.1 Å². The minimum atomic E-state index is -3.84. The highest BCUT2D eigenvalue weighted by molar-refractivity contribution is 7.89. The molecule has 1 aliphatic rings. The molecule has 148 valence electrons. The van der Waals surface area contributed by atoms with Gasteiger partial charge < -0.3 is 4.98 Å². The van der Waals surface area contributed by atoms with Gasteiger partial charge in [0.1, 0.15) is 0 Å². The highest BCUT2D eigenvalue weighted by atomic mass is 32.2. The average Bonchev–Trinajstić information content (AvgIpc) is 2.92. The molecule has 0 unspecified atom stereocenters. The van der Waals surface area contributed by atoms with Crippen LogP contribution in [0.25, 0.3) is 10.9 Å². The van der Waals surface area contributed by atoms with Crippen LogP contribution in [0, 0.1) is 0 Å². The molecule has 9 nitrogen and oxygen atoms in total. The first kappa shape index (κ1) is 18.6. The van der Waals surface area contributed by atoms with Crippen molar-refractivity contribution in [2.24, 2.45) is 7.05 Å². The minimum Gasteiger partial charge on any atom is -0.307 e. The second-order valence-electron chi connectivity index (χ2n) is 7.04. The lowest BCUT2D eigenvalue weighted by molar-refractivity contribution is 0.329. The summed E-state index contributed by atoms with van der Waals surface area (Å²) in [5, 5.41) is 4.32. The summed E-state index contributed by atoms with van der Waals surface area (Å²) >= 11 is 0. The summed E-state index contributed by atoms with van der Waals surface area (Å²) in [4.78, 5) is 28.2. The molecule has 0 aliphatic carbocycles. The van der Waals surface area contributed by atoms with E-state index in [1.54, 1.807) is 17.9 Å². The molecule has 1 fully saturated rings. The lowest BCUT2D eigenvalue weighted by Crippen LogP contribution is -2.35. The van der Waals surface area contributed by atoms with Gasteiger partial charge in [0, 0.05) is 25.4 Å². The van der Waals surface area contributed by atoms with E-state index in [0.717, 1.165) is 24.8 Å². The lowest BCUT2D eigenvalue weighted by atomic mass is 10.1. The SMILES string of the molecule is Cn1cc([C@@H]2CCCCCN2S(=O)(=O)c2ccc3[nH]c(=O)[nH]c(=O)c3c2)cn1. The molecule has 1 aromatic carbocycles. The molecule has 1 saturated heterocycles. The Morgan fingerprint density at radius 3 is 2.71 bits per heavy atom. The third-order valence-electron chi connectivity index (χ3n) is 5.13. The molecule has 1 atom stereocenters. The van der Waals surface area contributed by atoms with E-state index in [1.165, 1.54) is 22.5 Å². The van der Waals surface area contributed by atoms with Crippen molar-refractivity contribution in [1.82, 2.24) is 24.1 Å². The van der Waals surface area contributed by atoms with Gasteiger partial charge in [-0.15, -0.1) is 0 Å². The van der Waals surface area contributed by atoms with E-state index in [2.05, 4.69) is 15.1 Å². The molecule has 0 amide bonds. The second kappa shape index (κ2) is 7.02. The molecular formula is C18H21N5O4S. The first-order chi connectivity index (χ1) is 13.4. The highest BCUT2D eigenvalue weighted by Crippen LogP contribution is 2.34. The van der Waals surface area contributed by atoms with Crippen LogP contribution in [0.3, 0.4) is 0 Å². The maximum atomic E-state index is 13.5. The molecule has 0 radical (unpaired) electrons. The maximum absolute atomic E-state index is 13.5. The third kappa shape index (κ3) is 3.29. The summed E-state index contributed by atoms with van der Waals surface area (Å²) < 4.78 is 30.1. The standard InChI is InChI=1S/C18H21N5O4S/c1-22-11-12(10-19-22)16-5-3-2-4-8-23(16)28(26,27)13-6-7-15-14(9-13)17(24)21-18(25)20-15/h6-7,9-11,16H,2-5,8H2,1H3,(H2,20,21,24,25)/t16-/m0/s1. The van der Waals surface area contributed by atoms with Crippen molar-refractivity contribution in [1.29, 1.82) is 0 Å². The van der Waals surface area contributed by atoms with Crippen LogP contribution >= 0.6 is 0 Å². The zero-order valence-electron chi connectivity index (χ0n) is 15.4. The number of fused-ring (bicyclic) bond motifs is 1. The zero-order chi connectivity index (χ0) is 19.9. The Morgan fingerprint density at radius 2 is 1.96 bits per heavy atom. The van der Waals surface area contributed by atoms with Crippen molar-refractivity contribution in [3.63, 3.8) is 0 Å². The first-order valence-corrected chi connectivity index (χ1v) is 10.6. The number of aryl methyl sites for hydroxylation is 1. The Morgan fingerprint density at radius 1 is 1.14 bits per heavy atom. The van der Waals surface area contributed by atoms with Crippen LogP contribution < -0.4 is 11.2 Å². The van der Waals surface area contributed by atoms with E-state index in [-0.39, 0.29) is 16.3 Å². The van der Waals surface area contributed by atoms with Gasteiger partial charge in [-0.3, -0.25) is 14.5 Å².